The van der Waals surface area contributed by atoms with Gasteiger partial charge in [0, 0.05) is 33.0 Å². The summed E-state index contributed by atoms with van der Waals surface area (Å²) in [5.74, 6) is 0.194. The molecule has 0 bridgehead atoms. The van der Waals surface area contributed by atoms with Crippen LogP contribution in [0.2, 0.25) is 10.0 Å². The standard InChI is InChI=1S/C18H13Cl2FN2OS2/c19-11-1-6-15(20)14(9-11)16-10-26-18(22-16)23-17(24)7-8-25-13-4-2-12(21)3-5-13/h1-6,9-10H,7-8H2,(H,22,23,24). The first-order chi connectivity index (χ1) is 12.5. The molecule has 0 atom stereocenters. The maximum atomic E-state index is 12.9. The van der Waals surface area contributed by atoms with Crippen LogP contribution in [-0.4, -0.2) is 16.6 Å². The Kier molecular flexibility index (Phi) is 6.53. The Hall–Kier alpha value is -1.60. The summed E-state index contributed by atoms with van der Waals surface area (Å²) in [5.41, 5.74) is 1.39. The van der Waals surface area contributed by atoms with Crippen LogP contribution < -0.4 is 5.32 Å². The smallest absolute Gasteiger partial charge is 0.226 e. The lowest BCUT2D eigenvalue weighted by atomic mass is 10.2. The van der Waals surface area contributed by atoms with Gasteiger partial charge in [0.2, 0.25) is 5.91 Å². The summed E-state index contributed by atoms with van der Waals surface area (Å²) >= 11 is 15.0. The second kappa shape index (κ2) is 8.86. The van der Waals surface area contributed by atoms with Gasteiger partial charge in [-0.3, -0.25) is 4.79 Å². The van der Waals surface area contributed by atoms with Gasteiger partial charge in [-0.05, 0) is 42.5 Å². The number of anilines is 1. The molecule has 0 fully saturated rings. The van der Waals surface area contributed by atoms with Crippen molar-refractivity contribution in [1.29, 1.82) is 0 Å². The monoisotopic (exact) mass is 426 g/mol. The van der Waals surface area contributed by atoms with Gasteiger partial charge in [-0.25, -0.2) is 9.37 Å². The van der Waals surface area contributed by atoms with E-state index in [1.54, 1.807) is 30.3 Å². The van der Waals surface area contributed by atoms with Gasteiger partial charge >= 0.3 is 0 Å². The van der Waals surface area contributed by atoms with Crippen LogP contribution in [0.4, 0.5) is 9.52 Å². The van der Waals surface area contributed by atoms with Crippen LogP contribution in [-0.2, 0) is 4.79 Å². The van der Waals surface area contributed by atoms with Crippen molar-refractivity contribution in [2.75, 3.05) is 11.1 Å². The molecule has 0 spiro atoms. The number of nitrogens with one attached hydrogen (secondary N) is 1. The molecule has 0 aliphatic rings. The van der Waals surface area contributed by atoms with Crippen LogP contribution in [0.5, 0.6) is 0 Å². The molecule has 3 nitrogen and oxygen atoms in total. The zero-order valence-electron chi connectivity index (χ0n) is 13.3. The third-order valence-corrected chi connectivity index (χ3v) is 5.70. The Morgan fingerprint density at radius 2 is 1.96 bits per heavy atom. The number of hydrogen-bond donors (Lipinski definition) is 1. The Bertz CT molecular complexity index is 916. The number of halogens is 3. The first-order valence-electron chi connectivity index (χ1n) is 7.60. The zero-order chi connectivity index (χ0) is 18.5. The number of aromatic nitrogens is 1. The average Bonchev–Trinajstić information content (AvgIpc) is 3.07. The molecule has 0 radical (unpaired) electrons. The molecule has 1 aromatic heterocycles. The lowest BCUT2D eigenvalue weighted by molar-refractivity contribution is -0.115. The molecule has 1 heterocycles. The fourth-order valence-electron chi connectivity index (χ4n) is 2.12. The van der Waals surface area contributed by atoms with Crippen LogP contribution in [0.25, 0.3) is 11.3 Å². The number of rotatable bonds is 6. The molecule has 3 rings (SSSR count). The minimum Gasteiger partial charge on any atom is -0.302 e. The molecular weight excluding hydrogens is 414 g/mol. The molecule has 134 valence electrons. The van der Waals surface area contributed by atoms with Gasteiger partial charge in [0.25, 0.3) is 0 Å². The van der Waals surface area contributed by atoms with E-state index < -0.39 is 0 Å². The highest BCUT2D eigenvalue weighted by Gasteiger charge is 2.11. The number of hydrogen-bond acceptors (Lipinski definition) is 4. The SMILES string of the molecule is O=C(CCSc1ccc(F)cc1)Nc1nc(-c2cc(Cl)ccc2Cl)cs1. The van der Waals surface area contributed by atoms with Gasteiger partial charge in [-0.1, -0.05) is 23.2 Å². The van der Waals surface area contributed by atoms with E-state index >= 15 is 0 Å². The normalized spacial score (nSPS) is 10.7. The van der Waals surface area contributed by atoms with E-state index in [1.165, 1.54) is 35.2 Å². The quantitative estimate of drug-likeness (QED) is 0.465. The van der Waals surface area contributed by atoms with E-state index in [1.807, 2.05) is 5.38 Å². The maximum Gasteiger partial charge on any atom is 0.226 e. The second-order valence-corrected chi connectivity index (χ2v) is 8.13. The van der Waals surface area contributed by atoms with Gasteiger partial charge in [0.1, 0.15) is 5.82 Å². The van der Waals surface area contributed by atoms with Crippen molar-refractivity contribution in [2.24, 2.45) is 0 Å². The zero-order valence-corrected chi connectivity index (χ0v) is 16.5. The van der Waals surface area contributed by atoms with E-state index in [0.717, 1.165) is 10.5 Å². The van der Waals surface area contributed by atoms with E-state index in [2.05, 4.69) is 10.3 Å². The van der Waals surface area contributed by atoms with E-state index in [0.29, 0.717) is 33.0 Å². The third-order valence-electron chi connectivity index (χ3n) is 3.37. The predicted molar refractivity (Wildman–Crippen MR) is 108 cm³/mol. The first-order valence-corrected chi connectivity index (χ1v) is 10.2. The highest BCUT2D eigenvalue weighted by Crippen LogP contribution is 2.32. The van der Waals surface area contributed by atoms with E-state index in [-0.39, 0.29) is 11.7 Å². The van der Waals surface area contributed by atoms with Crippen LogP contribution in [0, 0.1) is 5.82 Å². The van der Waals surface area contributed by atoms with Crippen LogP contribution in [0.1, 0.15) is 6.42 Å². The lowest BCUT2D eigenvalue weighted by Crippen LogP contribution is -2.11. The molecule has 26 heavy (non-hydrogen) atoms. The summed E-state index contributed by atoms with van der Waals surface area (Å²) < 4.78 is 12.9. The molecule has 1 N–H and O–H groups in total. The Morgan fingerprint density at radius 1 is 1.19 bits per heavy atom. The summed E-state index contributed by atoms with van der Waals surface area (Å²) in [6, 6.07) is 11.4. The molecule has 0 saturated carbocycles. The molecule has 0 saturated heterocycles. The molecule has 1 amide bonds. The van der Waals surface area contributed by atoms with Gasteiger partial charge in [-0.2, -0.15) is 0 Å². The van der Waals surface area contributed by atoms with E-state index in [4.69, 9.17) is 23.2 Å². The summed E-state index contributed by atoms with van der Waals surface area (Å²) in [6.07, 6.45) is 0.328. The van der Waals surface area contributed by atoms with Gasteiger partial charge in [-0.15, -0.1) is 23.1 Å². The van der Waals surface area contributed by atoms with Gasteiger partial charge in [0.15, 0.2) is 5.13 Å². The molecule has 2 aromatic carbocycles. The number of thiazole rings is 1. The number of carbonyl (C=O) groups excluding carboxylic acids is 1. The van der Waals surface area contributed by atoms with Crippen molar-refractivity contribution >= 4 is 57.3 Å². The van der Waals surface area contributed by atoms with Crippen molar-refractivity contribution in [2.45, 2.75) is 11.3 Å². The summed E-state index contributed by atoms with van der Waals surface area (Å²) in [7, 11) is 0. The number of amides is 1. The lowest BCUT2D eigenvalue weighted by Gasteiger charge is -2.03. The highest BCUT2D eigenvalue weighted by atomic mass is 35.5. The van der Waals surface area contributed by atoms with Crippen LogP contribution >= 0.6 is 46.3 Å². The molecule has 0 aliphatic carbocycles. The molecule has 0 unspecified atom stereocenters. The first kappa shape index (κ1) is 19.2. The summed E-state index contributed by atoms with van der Waals surface area (Å²) in [5, 5.41) is 6.23. The summed E-state index contributed by atoms with van der Waals surface area (Å²) in [6.45, 7) is 0. The third kappa shape index (κ3) is 5.20. The van der Waals surface area contributed by atoms with Crippen molar-refractivity contribution < 1.29 is 9.18 Å². The van der Waals surface area contributed by atoms with Crippen LogP contribution in [0.15, 0.2) is 52.7 Å². The largest absolute Gasteiger partial charge is 0.302 e. The second-order valence-electron chi connectivity index (χ2n) is 5.26. The van der Waals surface area contributed by atoms with Crippen molar-refractivity contribution in [3.8, 4) is 11.3 Å². The van der Waals surface area contributed by atoms with Crippen LogP contribution in [0.3, 0.4) is 0 Å². The molecule has 8 heteroatoms. The van der Waals surface area contributed by atoms with Crippen molar-refractivity contribution in [1.82, 2.24) is 4.98 Å². The van der Waals surface area contributed by atoms with Crippen molar-refractivity contribution in [3.63, 3.8) is 0 Å². The van der Waals surface area contributed by atoms with Gasteiger partial charge < -0.3 is 5.32 Å². The Balaban J connectivity index is 1.54. The highest BCUT2D eigenvalue weighted by molar-refractivity contribution is 7.99. The minimum atomic E-state index is -0.272. The fraction of sp³-hybridized carbons (Fsp3) is 0.111. The number of nitrogens with zero attached hydrogens (tertiary/aromatic N) is 1. The average molecular weight is 427 g/mol. The number of thioether (sulfide) groups is 1. The van der Waals surface area contributed by atoms with Crippen molar-refractivity contribution in [3.05, 3.63) is 63.7 Å². The molecular formula is C18H13Cl2FN2OS2. The summed E-state index contributed by atoms with van der Waals surface area (Å²) in [4.78, 5) is 17.4. The minimum absolute atomic E-state index is 0.127. The topological polar surface area (TPSA) is 42.0 Å². The van der Waals surface area contributed by atoms with Gasteiger partial charge in [0.05, 0.1) is 10.7 Å². The number of carbonyl (C=O) groups is 1. The maximum absolute atomic E-state index is 12.9. The predicted octanol–water partition coefficient (Wildman–Crippen LogP) is 6.38. The Morgan fingerprint density at radius 3 is 2.73 bits per heavy atom. The Labute approximate surface area is 168 Å². The fourth-order valence-corrected chi connectivity index (χ4v) is 4.09. The van der Waals surface area contributed by atoms with E-state index in [9.17, 15) is 9.18 Å². The molecule has 0 aliphatic heterocycles. The number of benzene rings is 2. The molecule has 3 aromatic rings.